The summed E-state index contributed by atoms with van der Waals surface area (Å²) in [6.07, 6.45) is 1.08. The average Bonchev–Trinajstić information content (AvgIpc) is 2.78. The summed E-state index contributed by atoms with van der Waals surface area (Å²) in [5, 5.41) is 2.84. The van der Waals surface area contributed by atoms with Crippen LogP contribution in [0.4, 0.5) is 11.4 Å². The predicted molar refractivity (Wildman–Crippen MR) is 136 cm³/mol. The van der Waals surface area contributed by atoms with Gasteiger partial charge in [0.15, 0.2) is 0 Å². The third-order valence-corrected chi connectivity index (χ3v) is 7.06. The van der Waals surface area contributed by atoms with Gasteiger partial charge in [-0.1, -0.05) is 30.3 Å². The summed E-state index contributed by atoms with van der Waals surface area (Å²) in [5.41, 5.74) is 3.13. The molecule has 1 N–H and O–H groups in total. The summed E-state index contributed by atoms with van der Waals surface area (Å²) in [6.45, 7) is 3.99. The van der Waals surface area contributed by atoms with Crippen LogP contribution in [0.5, 0.6) is 5.75 Å². The number of hydrogen-bond acceptors (Lipinski definition) is 5. The quantitative estimate of drug-likeness (QED) is 0.406. The van der Waals surface area contributed by atoms with Crippen molar-refractivity contribution in [3.63, 3.8) is 0 Å². The topological polar surface area (TPSA) is 75.7 Å². The first-order chi connectivity index (χ1) is 15.8. The molecule has 3 rings (SSSR count). The summed E-state index contributed by atoms with van der Waals surface area (Å²) in [4.78, 5) is 13.9. The van der Waals surface area contributed by atoms with Gasteiger partial charge in [0.05, 0.1) is 18.6 Å². The van der Waals surface area contributed by atoms with Crippen LogP contribution in [0, 0.1) is 6.92 Å². The number of thioether (sulfide) groups is 1. The molecule has 0 fully saturated rings. The summed E-state index contributed by atoms with van der Waals surface area (Å²) in [6, 6.07) is 22.7. The fourth-order valence-corrected chi connectivity index (χ4v) is 4.95. The molecule has 0 aliphatic heterocycles. The Morgan fingerprint density at radius 1 is 1.03 bits per heavy atom. The molecule has 3 aromatic rings. The second kappa shape index (κ2) is 11.2. The minimum Gasteiger partial charge on any atom is -0.494 e. The zero-order valence-corrected chi connectivity index (χ0v) is 20.6. The second-order valence-electron chi connectivity index (χ2n) is 7.50. The zero-order valence-electron chi connectivity index (χ0n) is 18.9. The van der Waals surface area contributed by atoms with Crippen molar-refractivity contribution in [2.75, 3.05) is 29.0 Å². The molecule has 174 valence electrons. The highest BCUT2D eigenvalue weighted by atomic mass is 32.2. The summed E-state index contributed by atoms with van der Waals surface area (Å²) < 4.78 is 31.2. The number of nitrogens with one attached hydrogen (secondary N) is 1. The number of anilines is 2. The third-order valence-electron chi connectivity index (χ3n) is 4.84. The first kappa shape index (κ1) is 24.7. The molecule has 3 aromatic carbocycles. The van der Waals surface area contributed by atoms with Gasteiger partial charge in [-0.25, -0.2) is 8.42 Å². The smallest absolute Gasteiger partial charge is 0.245 e. The molecule has 0 radical (unpaired) electrons. The molecule has 0 aliphatic rings. The van der Waals surface area contributed by atoms with E-state index in [1.54, 1.807) is 36.0 Å². The van der Waals surface area contributed by atoms with Crippen molar-refractivity contribution < 1.29 is 17.9 Å². The predicted octanol–water partition coefficient (Wildman–Crippen LogP) is 5.09. The van der Waals surface area contributed by atoms with Crippen LogP contribution in [0.1, 0.15) is 18.1 Å². The van der Waals surface area contributed by atoms with Gasteiger partial charge in [0.25, 0.3) is 0 Å². The van der Waals surface area contributed by atoms with Crippen LogP contribution in [-0.4, -0.2) is 33.7 Å². The monoisotopic (exact) mass is 484 g/mol. The second-order valence-corrected chi connectivity index (χ2v) is 10.5. The third kappa shape index (κ3) is 7.27. The summed E-state index contributed by atoms with van der Waals surface area (Å²) in [7, 11) is -3.65. The molecule has 0 aromatic heterocycles. The lowest BCUT2D eigenvalue weighted by Gasteiger charge is -2.22. The normalized spacial score (nSPS) is 11.1. The molecular weight excluding hydrogens is 456 g/mol. The van der Waals surface area contributed by atoms with Gasteiger partial charge in [0, 0.05) is 16.3 Å². The van der Waals surface area contributed by atoms with E-state index in [9.17, 15) is 13.2 Å². The van der Waals surface area contributed by atoms with Gasteiger partial charge in [0.1, 0.15) is 12.3 Å². The van der Waals surface area contributed by atoms with Gasteiger partial charge < -0.3 is 10.1 Å². The molecule has 0 spiro atoms. The maximum absolute atomic E-state index is 12.7. The minimum absolute atomic E-state index is 0.322. The molecule has 0 aliphatic carbocycles. The van der Waals surface area contributed by atoms with Crippen LogP contribution in [-0.2, 0) is 20.6 Å². The van der Waals surface area contributed by atoms with Crippen LogP contribution in [0.25, 0.3) is 0 Å². The molecule has 0 saturated heterocycles. The van der Waals surface area contributed by atoms with E-state index >= 15 is 0 Å². The Morgan fingerprint density at radius 3 is 2.33 bits per heavy atom. The van der Waals surface area contributed by atoms with E-state index in [0.717, 1.165) is 27.4 Å². The Balaban J connectivity index is 1.66. The van der Waals surface area contributed by atoms with E-state index in [1.165, 1.54) is 4.90 Å². The van der Waals surface area contributed by atoms with Gasteiger partial charge in [-0.3, -0.25) is 9.10 Å². The lowest BCUT2D eigenvalue weighted by atomic mass is 10.1. The first-order valence-electron chi connectivity index (χ1n) is 10.5. The maximum atomic E-state index is 12.7. The van der Waals surface area contributed by atoms with E-state index in [0.29, 0.717) is 23.7 Å². The number of sulfonamides is 1. The number of hydrogen-bond donors (Lipinski definition) is 1. The van der Waals surface area contributed by atoms with Gasteiger partial charge in [-0.15, -0.1) is 11.8 Å². The summed E-state index contributed by atoms with van der Waals surface area (Å²) >= 11 is 1.75. The number of rotatable bonds is 10. The summed E-state index contributed by atoms with van der Waals surface area (Å²) in [5.74, 6) is 1.04. The van der Waals surface area contributed by atoms with E-state index in [-0.39, 0.29) is 6.54 Å². The molecule has 0 atom stereocenters. The van der Waals surface area contributed by atoms with Gasteiger partial charge in [-0.2, -0.15) is 0 Å². The molecule has 0 heterocycles. The van der Waals surface area contributed by atoms with Crippen LogP contribution in [0.15, 0.2) is 77.7 Å². The first-order valence-corrected chi connectivity index (χ1v) is 13.4. The fourth-order valence-electron chi connectivity index (χ4n) is 3.23. The SMILES string of the molecule is CCOc1ccc(N(CC(=O)Nc2ccc(CSc3ccccc3)cc2C)S(C)(=O)=O)cc1. The Hall–Kier alpha value is -2.97. The van der Waals surface area contributed by atoms with Crippen LogP contribution in [0.3, 0.4) is 0 Å². The molecule has 0 unspecified atom stereocenters. The van der Waals surface area contributed by atoms with E-state index in [1.807, 2.05) is 50.2 Å². The van der Waals surface area contributed by atoms with Crippen molar-refractivity contribution in [1.29, 1.82) is 0 Å². The van der Waals surface area contributed by atoms with Crippen molar-refractivity contribution in [3.8, 4) is 5.75 Å². The Morgan fingerprint density at radius 2 is 1.73 bits per heavy atom. The molecule has 1 amide bonds. The molecule has 6 nitrogen and oxygen atoms in total. The van der Waals surface area contributed by atoms with Crippen molar-refractivity contribution in [3.05, 3.63) is 83.9 Å². The molecule has 0 saturated carbocycles. The van der Waals surface area contributed by atoms with Crippen LogP contribution in [0.2, 0.25) is 0 Å². The van der Waals surface area contributed by atoms with Crippen molar-refractivity contribution in [1.82, 2.24) is 0 Å². The maximum Gasteiger partial charge on any atom is 0.245 e. The standard InChI is InChI=1S/C25H28N2O4S2/c1-4-31-22-13-11-21(12-14-22)27(33(3,29)30)17-25(28)26-24-15-10-20(16-19(24)2)18-32-23-8-6-5-7-9-23/h5-16H,4,17-18H2,1-3H3,(H,26,28). The zero-order chi connectivity index (χ0) is 23.8. The number of carbonyl (C=O) groups is 1. The number of nitrogens with zero attached hydrogens (tertiary/aromatic N) is 1. The van der Waals surface area contributed by atoms with E-state index in [4.69, 9.17) is 4.74 Å². The number of ether oxygens (including phenoxy) is 1. The average molecular weight is 485 g/mol. The lowest BCUT2D eigenvalue weighted by Crippen LogP contribution is -2.37. The van der Waals surface area contributed by atoms with Gasteiger partial charge >= 0.3 is 0 Å². The largest absolute Gasteiger partial charge is 0.494 e. The lowest BCUT2D eigenvalue weighted by molar-refractivity contribution is -0.114. The number of carbonyl (C=O) groups excluding carboxylic acids is 1. The van der Waals surface area contributed by atoms with E-state index < -0.39 is 15.9 Å². The van der Waals surface area contributed by atoms with Crippen LogP contribution >= 0.6 is 11.8 Å². The Bertz CT molecular complexity index is 1180. The van der Waals surface area contributed by atoms with Crippen LogP contribution < -0.4 is 14.4 Å². The number of aryl methyl sites for hydroxylation is 1. The van der Waals surface area contributed by atoms with Gasteiger partial charge in [-0.05, 0) is 67.4 Å². The fraction of sp³-hybridized carbons (Fsp3) is 0.240. The highest BCUT2D eigenvalue weighted by molar-refractivity contribution is 7.98. The molecular formula is C25H28N2O4S2. The van der Waals surface area contributed by atoms with Gasteiger partial charge in [0.2, 0.25) is 15.9 Å². The number of amides is 1. The van der Waals surface area contributed by atoms with Crippen molar-refractivity contribution in [2.24, 2.45) is 0 Å². The molecule has 8 heteroatoms. The Kier molecular flexibility index (Phi) is 8.41. The highest BCUT2D eigenvalue weighted by Crippen LogP contribution is 2.25. The molecule has 33 heavy (non-hydrogen) atoms. The minimum atomic E-state index is -3.65. The van der Waals surface area contributed by atoms with Crippen molar-refractivity contribution >= 4 is 39.1 Å². The molecule has 0 bridgehead atoms. The highest BCUT2D eigenvalue weighted by Gasteiger charge is 2.21. The van der Waals surface area contributed by atoms with E-state index in [2.05, 4.69) is 17.4 Å². The Labute approximate surface area is 200 Å². The van der Waals surface area contributed by atoms with Crippen molar-refractivity contribution in [2.45, 2.75) is 24.5 Å². The number of benzene rings is 3.